The van der Waals surface area contributed by atoms with Crippen molar-refractivity contribution in [3.63, 3.8) is 0 Å². The van der Waals surface area contributed by atoms with Gasteiger partial charge in [-0.1, -0.05) is 0 Å². The monoisotopic (exact) mass is 378 g/mol. The molecule has 1 fully saturated rings. The quantitative estimate of drug-likeness (QED) is 0.608. The zero-order valence-electron chi connectivity index (χ0n) is 15.5. The Morgan fingerprint density at radius 2 is 1.85 bits per heavy atom. The maximum Gasteiger partial charge on any atom is 0.309 e. The summed E-state index contributed by atoms with van der Waals surface area (Å²) in [6.45, 7) is 6.74. The summed E-state index contributed by atoms with van der Waals surface area (Å²) in [6.07, 6.45) is 1.32. The molecule has 1 N–H and O–H groups in total. The number of nitrogens with zero attached hydrogens (tertiary/aromatic N) is 1. The van der Waals surface area contributed by atoms with E-state index in [0.717, 1.165) is 10.6 Å². The molecule has 0 saturated carbocycles. The van der Waals surface area contributed by atoms with Crippen LogP contribution in [-0.2, 0) is 19.1 Å². The minimum Gasteiger partial charge on any atom is -0.466 e. The third-order valence-electron chi connectivity index (χ3n) is 4.26. The van der Waals surface area contributed by atoms with E-state index in [-0.39, 0.29) is 29.0 Å². The molecule has 26 heavy (non-hydrogen) atoms. The van der Waals surface area contributed by atoms with E-state index in [1.165, 1.54) is 18.7 Å². The van der Waals surface area contributed by atoms with Crippen LogP contribution in [-0.4, -0.2) is 47.6 Å². The second kappa shape index (κ2) is 9.62. The summed E-state index contributed by atoms with van der Waals surface area (Å²) in [5.41, 5.74) is 0.738. The second-order valence-corrected chi connectivity index (χ2v) is 7.73. The molecule has 0 bridgehead atoms. The summed E-state index contributed by atoms with van der Waals surface area (Å²) in [7, 11) is 0. The van der Waals surface area contributed by atoms with E-state index >= 15 is 0 Å². The number of esters is 1. The number of rotatable bonds is 6. The minimum atomic E-state index is -0.208. The van der Waals surface area contributed by atoms with Crippen LogP contribution in [0.25, 0.3) is 0 Å². The third kappa shape index (κ3) is 5.76. The number of likely N-dealkylation sites (tertiary alicyclic amines) is 1. The average Bonchev–Trinajstić information content (AvgIpc) is 2.62. The second-order valence-electron chi connectivity index (χ2n) is 6.32. The van der Waals surface area contributed by atoms with Gasteiger partial charge in [0.2, 0.25) is 11.8 Å². The number of hydrogen-bond donors (Lipinski definition) is 1. The van der Waals surface area contributed by atoms with Crippen molar-refractivity contribution in [2.45, 2.75) is 43.8 Å². The Bertz CT molecular complexity index is 639. The molecule has 2 amide bonds. The van der Waals surface area contributed by atoms with E-state index in [0.29, 0.717) is 32.5 Å². The van der Waals surface area contributed by atoms with Crippen LogP contribution in [0.2, 0.25) is 0 Å². The fraction of sp³-hybridized carbons (Fsp3) is 0.526. The summed E-state index contributed by atoms with van der Waals surface area (Å²) >= 11 is 1.49. The number of amides is 2. The molecule has 1 saturated heterocycles. The first kappa shape index (κ1) is 20.3. The molecule has 142 valence electrons. The molecule has 1 aliphatic heterocycles. The van der Waals surface area contributed by atoms with Crippen molar-refractivity contribution in [3.05, 3.63) is 24.3 Å². The van der Waals surface area contributed by atoms with Gasteiger partial charge in [0.1, 0.15) is 0 Å². The Kier molecular flexibility index (Phi) is 7.50. The van der Waals surface area contributed by atoms with E-state index < -0.39 is 0 Å². The molecule has 0 spiro atoms. The molecule has 0 aliphatic carbocycles. The molecule has 1 aliphatic rings. The molecule has 1 heterocycles. The summed E-state index contributed by atoms with van der Waals surface area (Å²) in [5.74, 6) is -0.270. The van der Waals surface area contributed by atoms with E-state index in [2.05, 4.69) is 5.32 Å². The largest absolute Gasteiger partial charge is 0.466 e. The highest BCUT2D eigenvalue weighted by Crippen LogP contribution is 2.27. The number of nitrogens with one attached hydrogen (secondary N) is 1. The Hall–Kier alpha value is -2.02. The van der Waals surface area contributed by atoms with Crippen LogP contribution in [0, 0.1) is 5.92 Å². The summed E-state index contributed by atoms with van der Waals surface area (Å²) in [5, 5.41) is 2.51. The summed E-state index contributed by atoms with van der Waals surface area (Å²) < 4.78 is 5.06. The van der Waals surface area contributed by atoms with Crippen LogP contribution in [0.4, 0.5) is 5.69 Å². The normalized spacial score (nSPS) is 16.0. The number of piperidine rings is 1. The zero-order chi connectivity index (χ0) is 19.1. The molecule has 1 atom stereocenters. The van der Waals surface area contributed by atoms with Crippen molar-refractivity contribution in [1.29, 1.82) is 0 Å². The maximum atomic E-state index is 12.6. The lowest BCUT2D eigenvalue weighted by Crippen LogP contribution is -2.43. The number of carbonyl (C=O) groups excluding carboxylic acids is 3. The smallest absolute Gasteiger partial charge is 0.309 e. The first-order valence-corrected chi connectivity index (χ1v) is 9.78. The molecule has 6 nitrogen and oxygen atoms in total. The van der Waals surface area contributed by atoms with Gasteiger partial charge in [0.15, 0.2) is 0 Å². The van der Waals surface area contributed by atoms with E-state index in [4.69, 9.17) is 4.74 Å². The van der Waals surface area contributed by atoms with Gasteiger partial charge in [0.25, 0.3) is 0 Å². The fourth-order valence-corrected chi connectivity index (χ4v) is 3.88. The highest BCUT2D eigenvalue weighted by Gasteiger charge is 2.30. The average molecular weight is 378 g/mol. The minimum absolute atomic E-state index is 0.0863. The highest BCUT2D eigenvalue weighted by atomic mass is 32.2. The van der Waals surface area contributed by atoms with Crippen LogP contribution in [0.15, 0.2) is 29.2 Å². The lowest BCUT2D eigenvalue weighted by atomic mass is 9.97. The van der Waals surface area contributed by atoms with Gasteiger partial charge in [-0.2, -0.15) is 0 Å². The molecule has 0 aromatic heterocycles. The highest BCUT2D eigenvalue weighted by molar-refractivity contribution is 8.00. The standard InChI is InChI=1S/C19H26N2O4S/c1-4-25-19(24)15-9-11-21(12-10-15)18(23)13(2)26-17-7-5-16(6-8-17)20-14(3)22/h5-8,13,15H,4,9-12H2,1-3H3,(H,20,22)/t13-/m1/s1. The molecule has 1 aromatic carbocycles. The SMILES string of the molecule is CCOC(=O)C1CCN(C(=O)[C@@H](C)Sc2ccc(NC(C)=O)cc2)CC1. The van der Waals surface area contributed by atoms with Gasteiger partial charge in [0.05, 0.1) is 17.8 Å². The fourth-order valence-electron chi connectivity index (χ4n) is 2.93. The Morgan fingerprint density at radius 1 is 1.23 bits per heavy atom. The van der Waals surface area contributed by atoms with Gasteiger partial charge in [0, 0.05) is 30.6 Å². The molecular weight excluding hydrogens is 352 g/mol. The first-order valence-electron chi connectivity index (χ1n) is 8.90. The predicted molar refractivity (Wildman–Crippen MR) is 102 cm³/mol. The van der Waals surface area contributed by atoms with Crippen molar-refractivity contribution in [2.24, 2.45) is 5.92 Å². The molecule has 7 heteroatoms. The third-order valence-corrected chi connectivity index (χ3v) is 5.36. The van der Waals surface area contributed by atoms with Crippen LogP contribution >= 0.6 is 11.8 Å². The van der Waals surface area contributed by atoms with Crippen molar-refractivity contribution in [2.75, 3.05) is 25.0 Å². The molecular formula is C19H26N2O4S. The van der Waals surface area contributed by atoms with Crippen molar-refractivity contribution in [3.8, 4) is 0 Å². The Morgan fingerprint density at radius 3 is 2.38 bits per heavy atom. The zero-order valence-corrected chi connectivity index (χ0v) is 16.3. The molecule has 0 unspecified atom stereocenters. The lowest BCUT2D eigenvalue weighted by Gasteiger charge is -2.32. The van der Waals surface area contributed by atoms with Crippen LogP contribution in [0.1, 0.15) is 33.6 Å². The molecule has 0 radical (unpaired) electrons. The summed E-state index contributed by atoms with van der Waals surface area (Å²) in [4.78, 5) is 38.3. The van der Waals surface area contributed by atoms with E-state index in [1.807, 2.05) is 36.1 Å². The van der Waals surface area contributed by atoms with Crippen molar-refractivity contribution < 1.29 is 19.1 Å². The summed E-state index contributed by atoms with van der Waals surface area (Å²) in [6, 6.07) is 7.44. The number of benzene rings is 1. The number of anilines is 1. The van der Waals surface area contributed by atoms with Gasteiger partial charge in [-0.15, -0.1) is 11.8 Å². The van der Waals surface area contributed by atoms with Gasteiger partial charge in [-0.05, 0) is 51.0 Å². The van der Waals surface area contributed by atoms with Crippen molar-refractivity contribution in [1.82, 2.24) is 4.90 Å². The van der Waals surface area contributed by atoms with Gasteiger partial charge in [-0.3, -0.25) is 14.4 Å². The van der Waals surface area contributed by atoms with Gasteiger partial charge < -0.3 is 15.0 Å². The van der Waals surface area contributed by atoms with Gasteiger partial charge in [-0.25, -0.2) is 0 Å². The van der Waals surface area contributed by atoms with Gasteiger partial charge >= 0.3 is 5.97 Å². The molecule has 2 rings (SSSR count). The van der Waals surface area contributed by atoms with Crippen molar-refractivity contribution >= 4 is 35.2 Å². The predicted octanol–water partition coefficient (Wildman–Crippen LogP) is 2.93. The number of ether oxygens (including phenoxy) is 1. The molecule has 1 aromatic rings. The van der Waals surface area contributed by atoms with E-state index in [9.17, 15) is 14.4 Å². The maximum absolute atomic E-state index is 12.6. The van der Waals surface area contributed by atoms with E-state index in [1.54, 1.807) is 6.92 Å². The first-order chi connectivity index (χ1) is 12.4. The Labute approximate surface area is 158 Å². The van der Waals surface area contributed by atoms with Crippen LogP contribution in [0.3, 0.4) is 0 Å². The number of hydrogen-bond acceptors (Lipinski definition) is 5. The van der Waals surface area contributed by atoms with Crippen LogP contribution < -0.4 is 5.32 Å². The topological polar surface area (TPSA) is 75.7 Å². The number of carbonyl (C=O) groups is 3. The van der Waals surface area contributed by atoms with Crippen LogP contribution in [0.5, 0.6) is 0 Å². The lowest BCUT2D eigenvalue weighted by molar-refractivity contribution is -0.151. The Balaban J connectivity index is 1.84. The number of thioether (sulfide) groups is 1.